The summed E-state index contributed by atoms with van der Waals surface area (Å²) in [5, 5.41) is 27.4. The molecule has 0 fully saturated rings. The number of nitrogens with one attached hydrogen (secondary N) is 1. The number of rotatable bonds is 14. The molecule has 1 aromatic heterocycles. The van der Waals surface area contributed by atoms with Crippen LogP contribution in [0.25, 0.3) is 22.8 Å². The number of benzene rings is 2. The lowest BCUT2D eigenvalue weighted by molar-refractivity contribution is -0.127. The maximum atomic E-state index is 11.0. The number of amides is 1. The number of carbonyl (C=O) groups is 1. The number of aromatic nitrogens is 2. The minimum Gasteiger partial charge on any atom is -0.490 e. The molecule has 0 aliphatic rings. The summed E-state index contributed by atoms with van der Waals surface area (Å²) < 4.78 is 11.5. The van der Waals surface area contributed by atoms with E-state index in [0.29, 0.717) is 23.9 Å². The number of hydrogen-bond acceptors (Lipinski definition) is 8. The van der Waals surface area contributed by atoms with Crippen molar-refractivity contribution in [2.75, 3.05) is 13.2 Å². The van der Waals surface area contributed by atoms with Crippen molar-refractivity contribution in [3.8, 4) is 28.6 Å². The Bertz CT molecular complexity index is 1190. The number of primary amides is 1. The lowest BCUT2D eigenvalue weighted by Gasteiger charge is -2.18. The molecule has 0 radical (unpaired) electrons. The van der Waals surface area contributed by atoms with Crippen molar-refractivity contribution in [1.82, 2.24) is 15.5 Å². The highest BCUT2D eigenvalue weighted by atomic mass is 16.5. The normalized spacial score (nSPS) is 12.9. The summed E-state index contributed by atoms with van der Waals surface area (Å²) in [5.41, 5.74) is 10.9. The lowest BCUT2D eigenvalue weighted by Crippen LogP contribution is -2.33. The number of aliphatic hydroxyl groups excluding tert-OH is 2. The summed E-state index contributed by atoms with van der Waals surface area (Å²) in [6.07, 6.45) is 0.0342. The van der Waals surface area contributed by atoms with Crippen LogP contribution in [0.5, 0.6) is 5.75 Å². The highest BCUT2D eigenvalue weighted by Crippen LogP contribution is 2.32. The highest BCUT2D eigenvalue weighted by molar-refractivity contribution is 5.78. The molecule has 37 heavy (non-hydrogen) atoms. The van der Waals surface area contributed by atoms with E-state index in [0.717, 1.165) is 48.2 Å². The average Bonchev–Trinajstić information content (AvgIpc) is 3.38. The van der Waals surface area contributed by atoms with Crippen molar-refractivity contribution in [3.05, 3.63) is 52.6 Å². The monoisotopic (exact) mass is 510 g/mol. The highest BCUT2D eigenvalue weighted by Gasteiger charge is 2.19. The Labute approximate surface area is 218 Å². The van der Waals surface area contributed by atoms with Crippen molar-refractivity contribution in [1.29, 1.82) is 0 Å². The van der Waals surface area contributed by atoms with Gasteiger partial charge < -0.3 is 30.5 Å². The molecule has 1 heterocycles. The SMILES string of the molecule is CCCNCc1cc(CC)cc(-c2nc(-c3cc(C)c(OC[C@@H](O)CC(O)C(N)=O)c(CC)c3)no2)c1. The summed E-state index contributed by atoms with van der Waals surface area (Å²) in [6, 6.07) is 10.2. The largest absolute Gasteiger partial charge is 0.490 e. The smallest absolute Gasteiger partial charge is 0.258 e. The van der Waals surface area contributed by atoms with Crippen LogP contribution in [0.15, 0.2) is 34.9 Å². The van der Waals surface area contributed by atoms with Crippen LogP contribution in [0, 0.1) is 6.92 Å². The van der Waals surface area contributed by atoms with Crippen LogP contribution >= 0.6 is 0 Å². The summed E-state index contributed by atoms with van der Waals surface area (Å²) in [4.78, 5) is 15.7. The predicted molar refractivity (Wildman–Crippen MR) is 142 cm³/mol. The third-order valence-corrected chi connectivity index (χ3v) is 6.12. The van der Waals surface area contributed by atoms with Gasteiger partial charge in [0, 0.05) is 24.1 Å². The van der Waals surface area contributed by atoms with Gasteiger partial charge in [0.05, 0.1) is 6.10 Å². The predicted octanol–water partition coefficient (Wildman–Crippen LogP) is 3.31. The molecule has 0 aliphatic carbocycles. The van der Waals surface area contributed by atoms with Crippen LogP contribution < -0.4 is 15.8 Å². The molecule has 200 valence electrons. The van der Waals surface area contributed by atoms with Gasteiger partial charge in [0.2, 0.25) is 11.7 Å². The molecular formula is C28H38N4O5. The van der Waals surface area contributed by atoms with E-state index < -0.39 is 18.1 Å². The van der Waals surface area contributed by atoms with E-state index in [1.54, 1.807) is 0 Å². The first-order valence-corrected chi connectivity index (χ1v) is 12.8. The van der Waals surface area contributed by atoms with Crippen LogP contribution in [0.3, 0.4) is 0 Å². The maximum Gasteiger partial charge on any atom is 0.258 e. The minimum absolute atomic E-state index is 0.0763. The second-order valence-corrected chi connectivity index (χ2v) is 9.25. The zero-order chi connectivity index (χ0) is 26.9. The van der Waals surface area contributed by atoms with E-state index in [9.17, 15) is 15.0 Å². The van der Waals surface area contributed by atoms with Crippen molar-refractivity contribution in [2.45, 2.75) is 72.1 Å². The van der Waals surface area contributed by atoms with Crippen LogP contribution in [0.2, 0.25) is 0 Å². The molecule has 2 aromatic carbocycles. The standard InChI is InChI=1S/C28H38N4O5/c1-5-8-30-15-19-10-18(6-2)11-22(12-19)28-31-27(32-37-28)21-9-17(4)25(20(7-3)13-21)36-16-23(33)14-24(34)26(29)35/h9-13,23-24,30,33-34H,5-8,14-16H2,1-4H3,(H2,29,35)/t23-,24?/m0/s1. The number of aliphatic hydroxyl groups is 2. The zero-order valence-electron chi connectivity index (χ0n) is 22.1. The van der Waals surface area contributed by atoms with Crippen molar-refractivity contribution in [3.63, 3.8) is 0 Å². The Morgan fingerprint density at radius 1 is 1.08 bits per heavy atom. The second kappa shape index (κ2) is 13.3. The van der Waals surface area contributed by atoms with E-state index in [4.69, 9.17) is 15.0 Å². The van der Waals surface area contributed by atoms with Crippen molar-refractivity contribution in [2.24, 2.45) is 5.73 Å². The first-order chi connectivity index (χ1) is 17.7. The molecular weight excluding hydrogens is 472 g/mol. The Kier molecular flexibility index (Phi) is 10.2. The summed E-state index contributed by atoms with van der Waals surface area (Å²) in [5.74, 6) is 0.715. The third kappa shape index (κ3) is 7.61. The topological polar surface area (TPSA) is 144 Å². The Morgan fingerprint density at radius 3 is 2.51 bits per heavy atom. The fourth-order valence-corrected chi connectivity index (χ4v) is 4.13. The number of carbonyl (C=O) groups excluding carboxylic acids is 1. The second-order valence-electron chi connectivity index (χ2n) is 9.25. The molecule has 0 saturated carbocycles. The molecule has 0 spiro atoms. The van der Waals surface area contributed by atoms with Gasteiger partial charge in [-0.05, 0) is 79.3 Å². The first-order valence-electron chi connectivity index (χ1n) is 12.8. The molecule has 0 aliphatic heterocycles. The Morgan fingerprint density at radius 2 is 1.84 bits per heavy atom. The molecule has 0 bridgehead atoms. The Balaban J connectivity index is 1.81. The Hall–Kier alpha value is -3.27. The molecule has 1 amide bonds. The van der Waals surface area contributed by atoms with E-state index in [1.165, 1.54) is 11.1 Å². The number of nitrogens with zero attached hydrogens (tertiary/aromatic N) is 2. The number of hydrogen-bond donors (Lipinski definition) is 4. The summed E-state index contributed by atoms with van der Waals surface area (Å²) in [7, 11) is 0. The molecule has 3 rings (SSSR count). The third-order valence-electron chi connectivity index (χ3n) is 6.12. The van der Waals surface area contributed by atoms with Crippen LogP contribution in [-0.2, 0) is 24.2 Å². The number of aryl methyl sites for hydroxylation is 3. The van der Waals surface area contributed by atoms with E-state index in [2.05, 4.69) is 47.5 Å². The molecule has 2 atom stereocenters. The molecule has 9 heteroatoms. The molecule has 1 unspecified atom stereocenters. The fourth-order valence-electron chi connectivity index (χ4n) is 4.13. The van der Waals surface area contributed by atoms with Gasteiger partial charge >= 0.3 is 0 Å². The van der Waals surface area contributed by atoms with Gasteiger partial charge in [-0.1, -0.05) is 32.0 Å². The van der Waals surface area contributed by atoms with Crippen molar-refractivity contribution >= 4 is 5.91 Å². The van der Waals surface area contributed by atoms with Gasteiger partial charge in [-0.2, -0.15) is 4.98 Å². The molecule has 0 saturated heterocycles. The minimum atomic E-state index is -1.41. The first kappa shape index (κ1) is 28.3. The molecule has 5 N–H and O–H groups in total. The van der Waals surface area contributed by atoms with Crippen LogP contribution in [0.1, 0.15) is 55.9 Å². The van der Waals surface area contributed by atoms with E-state index >= 15 is 0 Å². The van der Waals surface area contributed by atoms with Gasteiger partial charge in [0.25, 0.3) is 5.89 Å². The molecule has 9 nitrogen and oxygen atoms in total. The van der Waals surface area contributed by atoms with Crippen LogP contribution in [0.4, 0.5) is 0 Å². The van der Waals surface area contributed by atoms with Gasteiger partial charge in [0.15, 0.2) is 0 Å². The quantitative estimate of drug-likeness (QED) is 0.242. The summed E-state index contributed by atoms with van der Waals surface area (Å²) >= 11 is 0. The van der Waals surface area contributed by atoms with Gasteiger partial charge in [0.1, 0.15) is 18.5 Å². The number of ether oxygens (including phenoxy) is 1. The number of nitrogens with two attached hydrogens (primary N) is 1. The van der Waals surface area contributed by atoms with Crippen LogP contribution in [-0.4, -0.2) is 51.6 Å². The summed E-state index contributed by atoms with van der Waals surface area (Å²) in [6.45, 7) is 9.85. The van der Waals surface area contributed by atoms with E-state index in [-0.39, 0.29) is 13.0 Å². The molecule has 3 aromatic rings. The van der Waals surface area contributed by atoms with Gasteiger partial charge in [-0.25, -0.2) is 0 Å². The van der Waals surface area contributed by atoms with Gasteiger partial charge in [-0.15, -0.1) is 0 Å². The lowest BCUT2D eigenvalue weighted by atomic mass is 10.0. The fraction of sp³-hybridized carbons (Fsp3) is 0.464. The zero-order valence-corrected chi connectivity index (χ0v) is 22.1. The van der Waals surface area contributed by atoms with E-state index in [1.807, 2.05) is 26.0 Å². The van der Waals surface area contributed by atoms with Crippen molar-refractivity contribution < 1.29 is 24.3 Å². The maximum absolute atomic E-state index is 11.0. The van der Waals surface area contributed by atoms with Gasteiger partial charge in [-0.3, -0.25) is 4.79 Å². The average molecular weight is 511 g/mol.